The van der Waals surface area contributed by atoms with Crippen molar-refractivity contribution in [3.63, 3.8) is 0 Å². The van der Waals surface area contributed by atoms with Crippen molar-refractivity contribution in [1.82, 2.24) is 4.98 Å². The molecule has 0 spiro atoms. The molecule has 0 bridgehead atoms. The van der Waals surface area contributed by atoms with Gasteiger partial charge in [-0.05, 0) is 12.1 Å². The maximum atomic E-state index is 11.7. The first kappa shape index (κ1) is 16.5. The van der Waals surface area contributed by atoms with Crippen LogP contribution in [0.15, 0.2) is 35.5 Å². The first-order valence-corrected chi connectivity index (χ1v) is 8.36. The molecule has 23 heavy (non-hydrogen) atoms. The molecule has 1 aromatic heterocycles. The molecule has 0 aliphatic carbocycles. The summed E-state index contributed by atoms with van der Waals surface area (Å²) >= 11 is 0. The molecule has 1 unspecified atom stereocenters. The monoisotopic (exact) mass is 334 g/mol. The quantitative estimate of drug-likeness (QED) is 0.833. The molecule has 9 heteroatoms. The van der Waals surface area contributed by atoms with Crippen LogP contribution in [0.5, 0.6) is 0 Å². The number of ether oxygens (including phenoxy) is 1. The highest BCUT2D eigenvalue weighted by Gasteiger charge is 2.14. The fourth-order valence-corrected chi connectivity index (χ4v) is 2.60. The van der Waals surface area contributed by atoms with Gasteiger partial charge < -0.3 is 15.8 Å². The smallest absolute Gasteiger partial charge is 0.404 e. The van der Waals surface area contributed by atoms with E-state index in [9.17, 15) is 13.2 Å². The van der Waals surface area contributed by atoms with Gasteiger partial charge in [0.25, 0.3) is 0 Å². The number of aromatic nitrogens is 1. The van der Waals surface area contributed by atoms with Gasteiger partial charge in [0.1, 0.15) is 12.6 Å². The number of amides is 1. The maximum absolute atomic E-state index is 11.7. The van der Waals surface area contributed by atoms with Gasteiger partial charge in [-0.25, -0.2) is 13.2 Å². The number of nitriles is 1. The Morgan fingerprint density at radius 1 is 1.48 bits per heavy atom. The molecule has 0 aliphatic heterocycles. The van der Waals surface area contributed by atoms with Gasteiger partial charge in [0.05, 0.1) is 22.8 Å². The molecule has 0 aliphatic rings. The number of anilines is 1. The topological polar surface area (TPSA) is 135 Å². The number of fused-ring (bicyclic) bond motifs is 1. The predicted octanol–water partition coefficient (Wildman–Crippen LogP) is 1.04. The third-order valence-corrected chi connectivity index (χ3v) is 4.15. The minimum Gasteiger partial charge on any atom is -0.446 e. The normalized spacial score (nSPS) is 12.3. The second-order valence-electron chi connectivity index (χ2n) is 4.80. The van der Waals surface area contributed by atoms with Gasteiger partial charge in [-0.2, -0.15) is 5.26 Å². The van der Waals surface area contributed by atoms with E-state index in [2.05, 4.69) is 15.0 Å². The standard InChI is InChI=1S/C14H14N4O4S/c1-23(20,21)11-3-2-9-6-17-7-13(12(9)4-11)18-10(5-15)8-22-14(16)19/h2-4,6-7,10,18H,8H2,1H3,(H2,16,19). The van der Waals surface area contributed by atoms with E-state index >= 15 is 0 Å². The van der Waals surface area contributed by atoms with Crippen molar-refractivity contribution in [2.24, 2.45) is 5.73 Å². The Bertz CT molecular complexity index is 889. The zero-order chi connectivity index (χ0) is 17.0. The largest absolute Gasteiger partial charge is 0.446 e. The van der Waals surface area contributed by atoms with Crippen LogP contribution in [0.2, 0.25) is 0 Å². The van der Waals surface area contributed by atoms with Crippen LogP contribution in [0.1, 0.15) is 0 Å². The van der Waals surface area contributed by atoms with Crippen molar-refractivity contribution in [2.75, 3.05) is 18.2 Å². The lowest BCUT2D eigenvalue weighted by Gasteiger charge is -2.14. The fraction of sp³-hybridized carbons (Fsp3) is 0.214. The van der Waals surface area contributed by atoms with Gasteiger partial charge in [0.2, 0.25) is 0 Å². The van der Waals surface area contributed by atoms with Crippen LogP contribution in [0.4, 0.5) is 10.5 Å². The Morgan fingerprint density at radius 2 is 2.22 bits per heavy atom. The molecule has 1 aromatic carbocycles. The number of carbonyl (C=O) groups is 1. The predicted molar refractivity (Wildman–Crippen MR) is 83.4 cm³/mol. The number of hydrogen-bond acceptors (Lipinski definition) is 7. The number of sulfone groups is 1. The van der Waals surface area contributed by atoms with E-state index in [0.717, 1.165) is 6.26 Å². The van der Waals surface area contributed by atoms with Crippen molar-refractivity contribution in [2.45, 2.75) is 10.9 Å². The van der Waals surface area contributed by atoms with Crippen molar-refractivity contribution in [1.29, 1.82) is 5.26 Å². The molecule has 1 amide bonds. The van der Waals surface area contributed by atoms with Crippen molar-refractivity contribution >= 4 is 32.4 Å². The van der Waals surface area contributed by atoms with Crippen LogP contribution in [-0.4, -0.2) is 38.4 Å². The highest BCUT2D eigenvalue weighted by Crippen LogP contribution is 2.25. The Hall–Kier alpha value is -2.86. The number of nitrogens with one attached hydrogen (secondary N) is 1. The third-order valence-electron chi connectivity index (χ3n) is 3.04. The molecule has 2 aromatic rings. The van der Waals surface area contributed by atoms with Crippen molar-refractivity contribution in [3.05, 3.63) is 30.6 Å². The summed E-state index contributed by atoms with van der Waals surface area (Å²) < 4.78 is 28.0. The van der Waals surface area contributed by atoms with E-state index in [4.69, 9.17) is 11.0 Å². The van der Waals surface area contributed by atoms with E-state index in [-0.39, 0.29) is 11.5 Å². The number of nitrogens with two attached hydrogens (primary N) is 1. The summed E-state index contributed by atoms with van der Waals surface area (Å²) in [6.07, 6.45) is 3.17. The van der Waals surface area contributed by atoms with E-state index < -0.39 is 22.0 Å². The Morgan fingerprint density at radius 3 is 2.83 bits per heavy atom. The van der Waals surface area contributed by atoms with Gasteiger partial charge in [0.15, 0.2) is 9.84 Å². The molecule has 0 saturated heterocycles. The molecule has 0 fully saturated rings. The van der Waals surface area contributed by atoms with Crippen LogP contribution in [0, 0.1) is 11.3 Å². The molecule has 8 nitrogen and oxygen atoms in total. The zero-order valence-corrected chi connectivity index (χ0v) is 13.0. The minimum atomic E-state index is -3.37. The van der Waals surface area contributed by atoms with E-state index in [0.29, 0.717) is 16.5 Å². The van der Waals surface area contributed by atoms with E-state index in [1.54, 1.807) is 12.3 Å². The van der Waals surface area contributed by atoms with Crippen LogP contribution in [0.3, 0.4) is 0 Å². The first-order chi connectivity index (χ1) is 10.8. The highest BCUT2D eigenvalue weighted by molar-refractivity contribution is 7.90. The van der Waals surface area contributed by atoms with Gasteiger partial charge in [0, 0.05) is 23.2 Å². The molecule has 0 radical (unpaired) electrons. The molecule has 120 valence electrons. The van der Waals surface area contributed by atoms with Crippen molar-refractivity contribution < 1.29 is 17.9 Å². The van der Waals surface area contributed by atoms with Gasteiger partial charge >= 0.3 is 6.09 Å². The number of carbonyl (C=O) groups excluding carboxylic acids is 1. The maximum Gasteiger partial charge on any atom is 0.404 e. The summed E-state index contributed by atoms with van der Waals surface area (Å²) in [6, 6.07) is 5.69. The van der Waals surface area contributed by atoms with Gasteiger partial charge in [-0.3, -0.25) is 4.98 Å². The number of benzene rings is 1. The lowest BCUT2D eigenvalue weighted by Crippen LogP contribution is -2.27. The molecule has 0 saturated carbocycles. The molecular weight excluding hydrogens is 320 g/mol. The van der Waals surface area contributed by atoms with Gasteiger partial charge in [-0.15, -0.1) is 0 Å². The first-order valence-electron chi connectivity index (χ1n) is 6.47. The molecule has 2 rings (SSSR count). The Kier molecular flexibility index (Phi) is 4.66. The molecule has 1 atom stereocenters. The molecule has 1 heterocycles. The van der Waals surface area contributed by atoms with Crippen molar-refractivity contribution in [3.8, 4) is 6.07 Å². The summed E-state index contributed by atoms with van der Waals surface area (Å²) in [5.41, 5.74) is 5.32. The number of nitrogens with zero attached hydrogens (tertiary/aromatic N) is 2. The Balaban J connectivity index is 2.40. The fourth-order valence-electron chi connectivity index (χ4n) is 1.95. The SMILES string of the molecule is CS(=O)(=O)c1ccc2cncc(NC(C#N)COC(N)=O)c2c1. The lowest BCUT2D eigenvalue weighted by atomic mass is 10.1. The van der Waals surface area contributed by atoms with E-state index in [1.807, 2.05) is 6.07 Å². The van der Waals surface area contributed by atoms with Crippen LogP contribution < -0.4 is 11.1 Å². The summed E-state index contributed by atoms with van der Waals surface area (Å²) in [6.45, 7) is -0.242. The second kappa shape index (κ2) is 6.50. The number of primary amides is 1. The summed E-state index contributed by atoms with van der Waals surface area (Å²) in [4.78, 5) is 14.8. The summed E-state index contributed by atoms with van der Waals surface area (Å²) in [5, 5.41) is 13.2. The number of hydrogen-bond donors (Lipinski definition) is 2. The van der Waals surface area contributed by atoms with Crippen LogP contribution >= 0.6 is 0 Å². The molecular formula is C14H14N4O4S. The van der Waals surface area contributed by atoms with Crippen LogP contribution in [0.25, 0.3) is 10.8 Å². The summed E-state index contributed by atoms with van der Waals surface area (Å²) in [5.74, 6) is 0. The van der Waals surface area contributed by atoms with E-state index in [1.165, 1.54) is 18.3 Å². The third kappa shape index (κ3) is 4.08. The lowest BCUT2D eigenvalue weighted by molar-refractivity contribution is 0.156. The van der Waals surface area contributed by atoms with Gasteiger partial charge in [-0.1, -0.05) is 6.07 Å². The number of rotatable bonds is 5. The molecule has 3 N–H and O–H groups in total. The Labute approximate surface area is 132 Å². The highest BCUT2D eigenvalue weighted by atomic mass is 32.2. The second-order valence-corrected chi connectivity index (χ2v) is 6.81. The van der Waals surface area contributed by atoms with Crippen LogP contribution in [-0.2, 0) is 14.6 Å². The summed E-state index contributed by atoms with van der Waals surface area (Å²) in [7, 11) is -3.37. The zero-order valence-electron chi connectivity index (χ0n) is 12.2. The average Bonchev–Trinajstić information content (AvgIpc) is 2.50. The average molecular weight is 334 g/mol. The number of pyridine rings is 1. The minimum absolute atomic E-state index is 0.154.